The molecule has 140 valence electrons. The lowest BCUT2D eigenvalue weighted by molar-refractivity contribution is 0.0518. The van der Waals surface area contributed by atoms with Gasteiger partial charge in [0.25, 0.3) is 0 Å². The Bertz CT molecular complexity index is 549. The molecule has 1 aromatic carbocycles. The number of carbonyl (C=O) groups is 1. The Morgan fingerprint density at radius 2 is 2.08 bits per heavy atom. The second-order valence-electron chi connectivity index (χ2n) is 6.84. The molecule has 2 amide bonds. The highest BCUT2D eigenvalue weighted by Gasteiger charge is 2.35. The number of hydrogen-bond donors (Lipinski definition) is 4. The fraction of sp³-hybridized carbons (Fsp3) is 0.611. The van der Waals surface area contributed by atoms with E-state index in [1.807, 2.05) is 24.3 Å². The van der Waals surface area contributed by atoms with Crippen LogP contribution in [0.5, 0.6) is 0 Å². The molecule has 1 heterocycles. The highest BCUT2D eigenvalue weighted by molar-refractivity contribution is 5.87. The summed E-state index contributed by atoms with van der Waals surface area (Å²) >= 11 is 0. The van der Waals surface area contributed by atoms with Crippen LogP contribution in [-0.2, 0) is 4.74 Å². The molecule has 2 fully saturated rings. The van der Waals surface area contributed by atoms with Crippen LogP contribution in [0.4, 0.5) is 10.5 Å². The van der Waals surface area contributed by atoms with E-state index in [9.17, 15) is 4.79 Å². The van der Waals surface area contributed by atoms with Gasteiger partial charge in [-0.3, -0.25) is 0 Å². The quantitative estimate of drug-likeness (QED) is 0.642. The largest absolute Gasteiger partial charge is 0.379 e. The van der Waals surface area contributed by atoms with Gasteiger partial charge in [0.1, 0.15) is 0 Å². The smallest absolute Gasteiger partial charge is 0.316 e. The number of carbonyl (C=O) groups excluding carboxylic acids is 1. The molecular weight excluding hydrogens is 340 g/mol. The van der Waals surface area contributed by atoms with Crippen molar-refractivity contribution in [3.05, 3.63) is 29.8 Å². The first-order valence-corrected chi connectivity index (χ1v) is 8.87. The number of nitrogens with one attached hydrogen (secondary N) is 3. The second kappa shape index (κ2) is 9.38. The summed E-state index contributed by atoms with van der Waals surface area (Å²) in [6, 6.07) is 8.56. The van der Waals surface area contributed by atoms with Crippen LogP contribution in [0.3, 0.4) is 0 Å². The first kappa shape index (κ1) is 20.0. The predicted molar refractivity (Wildman–Crippen MR) is 102 cm³/mol. The summed E-state index contributed by atoms with van der Waals surface area (Å²) in [6.45, 7) is 4.79. The van der Waals surface area contributed by atoms with Crippen LogP contribution < -0.4 is 21.7 Å². The summed E-state index contributed by atoms with van der Waals surface area (Å²) in [5, 5.41) is 10.00. The topological polar surface area (TPSA) is 88.4 Å². The molecule has 4 atom stereocenters. The minimum Gasteiger partial charge on any atom is -0.379 e. The van der Waals surface area contributed by atoms with Crippen LogP contribution >= 0.6 is 12.4 Å². The number of amides is 2. The third kappa shape index (κ3) is 5.31. The number of halogens is 1. The Morgan fingerprint density at radius 1 is 1.32 bits per heavy atom. The number of primary amides is 1. The van der Waals surface area contributed by atoms with E-state index in [0.29, 0.717) is 18.0 Å². The summed E-state index contributed by atoms with van der Waals surface area (Å²) in [6.07, 6.45) is 3.75. The van der Waals surface area contributed by atoms with E-state index in [1.165, 1.54) is 24.8 Å². The molecule has 25 heavy (non-hydrogen) atoms. The first-order chi connectivity index (χ1) is 11.6. The third-order valence-corrected chi connectivity index (χ3v) is 5.18. The molecule has 0 spiro atoms. The van der Waals surface area contributed by atoms with Gasteiger partial charge < -0.3 is 26.4 Å². The summed E-state index contributed by atoms with van der Waals surface area (Å²) in [7, 11) is 0. The van der Waals surface area contributed by atoms with Gasteiger partial charge >= 0.3 is 6.03 Å². The van der Waals surface area contributed by atoms with Crippen LogP contribution in [-0.4, -0.2) is 37.9 Å². The molecular formula is C18H29ClN4O2. The molecule has 1 aromatic rings. The molecule has 7 heteroatoms. The fourth-order valence-electron chi connectivity index (χ4n) is 3.95. The van der Waals surface area contributed by atoms with Crippen molar-refractivity contribution in [3.63, 3.8) is 0 Å². The van der Waals surface area contributed by atoms with Crippen LogP contribution in [0, 0.1) is 5.92 Å². The average Bonchev–Trinajstić information content (AvgIpc) is 3.04. The second-order valence-corrected chi connectivity index (χ2v) is 6.84. The van der Waals surface area contributed by atoms with E-state index in [1.54, 1.807) is 0 Å². The number of benzene rings is 1. The molecule has 1 saturated heterocycles. The van der Waals surface area contributed by atoms with Gasteiger partial charge in [-0.25, -0.2) is 4.79 Å². The molecule has 1 aliphatic carbocycles. The van der Waals surface area contributed by atoms with Crippen LogP contribution in [0.25, 0.3) is 0 Å². The number of hydrogen-bond acceptors (Lipinski definition) is 4. The van der Waals surface area contributed by atoms with Crippen molar-refractivity contribution in [2.75, 3.05) is 25.1 Å². The Hall–Kier alpha value is -1.34. The molecule has 2 aliphatic rings. The average molecular weight is 369 g/mol. The van der Waals surface area contributed by atoms with Gasteiger partial charge in [0.05, 0.1) is 13.2 Å². The molecule has 4 unspecified atom stereocenters. The minimum absolute atomic E-state index is 0. The number of anilines is 1. The van der Waals surface area contributed by atoms with Gasteiger partial charge in [-0.1, -0.05) is 18.6 Å². The molecule has 0 bridgehead atoms. The molecule has 5 N–H and O–H groups in total. The van der Waals surface area contributed by atoms with E-state index >= 15 is 0 Å². The van der Waals surface area contributed by atoms with E-state index < -0.39 is 6.03 Å². The van der Waals surface area contributed by atoms with Crippen molar-refractivity contribution < 1.29 is 9.53 Å². The molecule has 1 saturated carbocycles. The van der Waals surface area contributed by atoms with Crippen LogP contribution in [0.1, 0.15) is 37.8 Å². The van der Waals surface area contributed by atoms with E-state index in [-0.39, 0.29) is 18.4 Å². The standard InChI is InChI=1S/C18H28N4O2.ClH/c1-12(13-5-7-14(8-6-13)22-18(19)23)21-16-4-2-3-15(16)17-11-24-10-9-20-17;/h5-8,12,15-17,20-21H,2-4,9-11H2,1H3,(H3,19,22,23);1H. The monoisotopic (exact) mass is 368 g/mol. The zero-order valence-corrected chi connectivity index (χ0v) is 15.5. The van der Waals surface area contributed by atoms with Crippen molar-refractivity contribution in [1.82, 2.24) is 10.6 Å². The number of ether oxygens (including phenoxy) is 1. The van der Waals surface area contributed by atoms with E-state index in [0.717, 1.165) is 25.4 Å². The number of morpholine rings is 1. The molecule has 1 aliphatic heterocycles. The van der Waals surface area contributed by atoms with Crippen molar-refractivity contribution in [2.24, 2.45) is 11.7 Å². The first-order valence-electron chi connectivity index (χ1n) is 8.87. The van der Waals surface area contributed by atoms with E-state index in [4.69, 9.17) is 10.5 Å². The molecule has 3 rings (SSSR count). The number of urea groups is 1. The summed E-state index contributed by atoms with van der Waals surface area (Å²) in [5.41, 5.74) is 7.07. The lowest BCUT2D eigenvalue weighted by atomic mass is 9.93. The van der Waals surface area contributed by atoms with Crippen LogP contribution in [0.2, 0.25) is 0 Å². The zero-order chi connectivity index (χ0) is 16.9. The van der Waals surface area contributed by atoms with Gasteiger partial charge in [0.2, 0.25) is 0 Å². The van der Waals surface area contributed by atoms with Gasteiger partial charge in [-0.05, 0) is 43.4 Å². The van der Waals surface area contributed by atoms with E-state index in [2.05, 4.69) is 22.9 Å². The molecule has 6 nitrogen and oxygen atoms in total. The highest BCUT2D eigenvalue weighted by Crippen LogP contribution is 2.31. The summed E-state index contributed by atoms with van der Waals surface area (Å²) in [5.74, 6) is 0.628. The maximum absolute atomic E-state index is 10.9. The zero-order valence-electron chi connectivity index (χ0n) is 14.7. The van der Waals surface area contributed by atoms with Gasteiger partial charge in [0, 0.05) is 30.4 Å². The Kier molecular flexibility index (Phi) is 7.50. The Balaban J connectivity index is 0.00000225. The maximum Gasteiger partial charge on any atom is 0.316 e. The minimum atomic E-state index is -0.537. The third-order valence-electron chi connectivity index (χ3n) is 5.18. The van der Waals surface area contributed by atoms with Crippen molar-refractivity contribution in [2.45, 2.75) is 44.3 Å². The Labute approximate surface area is 155 Å². The SMILES string of the molecule is CC(NC1CCCC1C1COCCN1)c1ccc(NC(N)=O)cc1.Cl. The lowest BCUT2D eigenvalue weighted by Crippen LogP contribution is -2.51. The number of rotatable bonds is 5. The van der Waals surface area contributed by atoms with Gasteiger partial charge in [0.15, 0.2) is 0 Å². The normalized spacial score (nSPS) is 27.3. The van der Waals surface area contributed by atoms with Crippen molar-refractivity contribution in [3.8, 4) is 0 Å². The van der Waals surface area contributed by atoms with Gasteiger partial charge in [-0.15, -0.1) is 12.4 Å². The lowest BCUT2D eigenvalue weighted by Gasteiger charge is -2.34. The van der Waals surface area contributed by atoms with Crippen molar-refractivity contribution in [1.29, 1.82) is 0 Å². The molecule has 0 aromatic heterocycles. The summed E-state index contributed by atoms with van der Waals surface area (Å²) in [4.78, 5) is 10.9. The fourth-order valence-corrected chi connectivity index (χ4v) is 3.95. The number of nitrogens with two attached hydrogens (primary N) is 1. The van der Waals surface area contributed by atoms with Crippen LogP contribution in [0.15, 0.2) is 24.3 Å². The van der Waals surface area contributed by atoms with Crippen molar-refractivity contribution >= 4 is 24.1 Å². The predicted octanol–water partition coefficient (Wildman–Crippen LogP) is 2.41. The van der Waals surface area contributed by atoms with Gasteiger partial charge in [-0.2, -0.15) is 0 Å². The summed E-state index contributed by atoms with van der Waals surface area (Å²) < 4.78 is 5.64. The Morgan fingerprint density at radius 3 is 2.72 bits per heavy atom. The highest BCUT2D eigenvalue weighted by atomic mass is 35.5. The maximum atomic E-state index is 10.9. The molecule has 0 radical (unpaired) electrons.